The molecule has 2 aromatic carbocycles. The van der Waals surface area contributed by atoms with Gasteiger partial charge in [0.1, 0.15) is 5.75 Å². The highest BCUT2D eigenvalue weighted by Crippen LogP contribution is 2.18. The van der Waals surface area contributed by atoms with Crippen LogP contribution in [0.15, 0.2) is 42.5 Å². The van der Waals surface area contributed by atoms with Crippen molar-refractivity contribution >= 4 is 5.91 Å². The number of ether oxygens (including phenoxy) is 1. The second-order valence-electron chi connectivity index (χ2n) is 5.30. The minimum Gasteiger partial charge on any atom is -0.497 e. The molecule has 22 heavy (non-hydrogen) atoms. The van der Waals surface area contributed by atoms with E-state index in [4.69, 9.17) is 4.74 Å². The molecule has 0 aliphatic heterocycles. The third-order valence-corrected chi connectivity index (χ3v) is 3.70. The normalized spacial score (nSPS) is 11.8. The number of benzene rings is 2. The predicted molar refractivity (Wildman–Crippen MR) is 86.2 cm³/mol. The highest BCUT2D eigenvalue weighted by Gasteiger charge is 2.12. The molecule has 116 valence electrons. The van der Waals surface area contributed by atoms with E-state index in [2.05, 4.69) is 5.32 Å². The molecule has 4 nitrogen and oxygen atoms in total. The fourth-order valence-corrected chi connectivity index (χ4v) is 2.14. The zero-order valence-corrected chi connectivity index (χ0v) is 13.1. The number of carbonyl (C=O) groups is 1. The lowest BCUT2D eigenvalue weighted by atomic mass is 10.1. The van der Waals surface area contributed by atoms with Crippen LogP contribution in [-0.4, -0.2) is 24.7 Å². The molecule has 0 aromatic heterocycles. The summed E-state index contributed by atoms with van der Waals surface area (Å²) in [5.41, 5.74) is 3.52. The first-order valence-corrected chi connectivity index (χ1v) is 7.18. The minimum atomic E-state index is -0.773. The topological polar surface area (TPSA) is 58.6 Å². The maximum atomic E-state index is 12.1. The first kappa shape index (κ1) is 16.0. The molecule has 0 radical (unpaired) electrons. The second kappa shape index (κ2) is 7.09. The molecule has 0 aliphatic carbocycles. The van der Waals surface area contributed by atoms with E-state index >= 15 is 0 Å². The van der Waals surface area contributed by atoms with Gasteiger partial charge >= 0.3 is 0 Å². The van der Waals surface area contributed by atoms with Crippen molar-refractivity contribution in [3.05, 3.63) is 64.7 Å². The Hall–Kier alpha value is -2.33. The lowest BCUT2D eigenvalue weighted by Crippen LogP contribution is -2.28. The fraction of sp³-hybridized carbons (Fsp3) is 0.278. The molecule has 1 atom stereocenters. The Balaban J connectivity index is 1.99. The average Bonchev–Trinajstić information content (AvgIpc) is 2.54. The van der Waals surface area contributed by atoms with E-state index in [-0.39, 0.29) is 12.5 Å². The Bertz CT molecular complexity index is 667. The molecule has 2 N–H and O–H groups in total. The van der Waals surface area contributed by atoms with Crippen LogP contribution >= 0.6 is 0 Å². The van der Waals surface area contributed by atoms with Crippen LogP contribution < -0.4 is 10.1 Å². The molecule has 1 amide bonds. The molecular weight excluding hydrogens is 278 g/mol. The summed E-state index contributed by atoms with van der Waals surface area (Å²) in [5, 5.41) is 12.9. The number of aryl methyl sites for hydroxylation is 2. The van der Waals surface area contributed by atoms with Gasteiger partial charge in [-0.1, -0.05) is 18.2 Å². The average molecular weight is 299 g/mol. The number of rotatable bonds is 5. The number of nitrogens with one attached hydrogen (secondary N) is 1. The number of amides is 1. The van der Waals surface area contributed by atoms with Gasteiger partial charge in [-0.05, 0) is 54.8 Å². The van der Waals surface area contributed by atoms with Crippen molar-refractivity contribution in [1.82, 2.24) is 5.32 Å². The lowest BCUT2D eigenvalue weighted by Gasteiger charge is -2.13. The van der Waals surface area contributed by atoms with Crippen molar-refractivity contribution in [2.24, 2.45) is 0 Å². The number of methoxy groups -OCH3 is 1. The largest absolute Gasteiger partial charge is 0.497 e. The molecule has 0 fully saturated rings. The maximum Gasteiger partial charge on any atom is 0.251 e. The summed E-state index contributed by atoms with van der Waals surface area (Å²) in [5.74, 6) is 0.488. The molecule has 1 unspecified atom stereocenters. The first-order chi connectivity index (χ1) is 10.5. The number of hydrogen-bond acceptors (Lipinski definition) is 3. The smallest absolute Gasteiger partial charge is 0.251 e. The van der Waals surface area contributed by atoms with Crippen LogP contribution in [0.4, 0.5) is 0 Å². The molecule has 0 saturated carbocycles. The van der Waals surface area contributed by atoms with E-state index in [0.29, 0.717) is 16.9 Å². The van der Waals surface area contributed by atoms with Gasteiger partial charge in [0.05, 0.1) is 13.2 Å². The lowest BCUT2D eigenvalue weighted by molar-refractivity contribution is 0.0916. The van der Waals surface area contributed by atoms with Gasteiger partial charge in [-0.15, -0.1) is 0 Å². The van der Waals surface area contributed by atoms with E-state index in [9.17, 15) is 9.90 Å². The summed E-state index contributed by atoms with van der Waals surface area (Å²) in [6, 6.07) is 12.7. The molecule has 2 rings (SSSR count). The molecule has 0 saturated heterocycles. The summed E-state index contributed by atoms with van der Waals surface area (Å²) in [7, 11) is 1.58. The number of hydrogen-bond donors (Lipinski definition) is 2. The van der Waals surface area contributed by atoms with Crippen molar-refractivity contribution in [3.8, 4) is 5.75 Å². The molecule has 2 aromatic rings. The molecule has 4 heteroatoms. The number of carbonyl (C=O) groups excluding carboxylic acids is 1. The highest BCUT2D eigenvalue weighted by atomic mass is 16.5. The highest BCUT2D eigenvalue weighted by molar-refractivity contribution is 5.94. The Morgan fingerprint density at radius 1 is 1.18 bits per heavy atom. The van der Waals surface area contributed by atoms with Gasteiger partial charge in [-0.25, -0.2) is 0 Å². The van der Waals surface area contributed by atoms with E-state index in [1.807, 2.05) is 38.1 Å². The van der Waals surface area contributed by atoms with Crippen LogP contribution in [0, 0.1) is 13.8 Å². The van der Waals surface area contributed by atoms with Crippen LogP contribution in [0.25, 0.3) is 0 Å². The third-order valence-electron chi connectivity index (χ3n) is 3.70. The van der Waals surface area contributed by atoms with E-state index < -0.39 is 6.10 Å². The summed E-state index contributed by atoms with van der Waals surface area (Å²) in [6.07, 6.45) is -0.773. The van der Waals surface area contributed by atoms with Crippen molar-refractivity contribution in [2.75, 3.05) is 13.7 Å². The number of aliphatic hydroxyl groups excluding tert-OH is 1. The second-order valence-corrected chi connectivity index (χ2v) is 5.30. The molecule has 0 heterocycles. The zero-order valence-electron chi connectivity index (χ0n) is 13.1. The van der Waals surface area contributed by atoms with Gasteiger partial charge in [0, 0.05) is 12.1 Å². The molecule has 0 bridgehead atoms. The first-order valence-electron chi connectivity index (χ1n) is 7.18. The molecule has 0 aliphatic rings. The van der Waals surface area contributed by atoms with Crippen molar-refractivity contribution in [3.63, 3.8) is 0 Å². The third kappa shape index (κ3) is 3.86. The van der Waals surface area contributed by atoms with Gasteiger partial charge in [0.25, 0.3) is 5.91 Å². The summed E-state index contributed by atoms with van der Waals surface area (Å²) < 4.78 is 5.13. The van der Waals surface area contributed by atoms with Crippen LogP contribution in [0.5, 0.6) is 5.75 Å². The van der Waals surface area contributed by atoms with E-state index in [1.54, 1.807) is 25.3 Å². The Labute approximate surface area is 130 Å². The summed E-state index contributed by atoms with van der Waals surface area (Å²) >= 11 is 0. The van der Waals surface area contributed by atoms with E-state index in [0.717, 1.165) is 11.1 Å². The Morgan fingerprint density at radius 3 is 2.64 bits per heavy atom. The van der Waals surface area contributed by atoms with Gasteiger partial charge in [-0.3, -0.25) is 4.79 Å². The fourth-order valence-electron chi connectivity index (χ4n) is 2.14. The van der Waals surface area contributed by atoms with Crippen molar-refractivity contribution in [1.29, 1.82) is 0 Å². The standard InChI is InChI=1S/C18H21NO3/c1-12-7-8-15(9-13(12)2)18(21)19-11-17(20)14-5-4-6-16(10-14)22-3/h4-10,17,20H,11H2,1-3H3,(H,19,21). The quantitative estimate of drug-likeness (QED) is 0.892. The van der Waals surface area contributed by atoms with Crippen LogP contribution in [-0.2, 0) is 0 Å². The van der Waals surface area contributed by atoms with Gasteiger partial charge in [0.15, 0.2) is 0 Å². The molecule has 0 spiro atoms. The SMILES string of the molecule is COc1cccc(C(O)CNC(=O)c2ccc(C)c(C)c2)c1. The predicted octanol–water partition coefficient (Wildman–Crippen LogP) is 2.78. The van der Waals surface area contributed by atoms with Gasteiger partial charge in [-0.2, -0.15) is 0 Å². The van der Waals surface area contributed by atoms with Crippen molar-refractivity contribution in [2.45, 2.75) is 20.0 Å². The van der Waals surface area contributed by atoms with Crippen molar-refractivity contribution < 1.29 is 14.6 Å². The summed E-state index contributed by atoms with van der Waals surface area (Å²) in [4.78, 5) is 12.1. The maximum absolute atomic E-state index is 12.1. The molecular formula is C18H21NO3. The van der Waals surface area contributed by atoms with Gasteiger partial charge < -0.3 is 15.2 Å². The minimum absolute atomic E-state index is 0.152. The van der Waals surface area contributed by atoms with Crippen LogP contribution in [0.1, 0.15) is 33.2 Å². The van der Waals surface area contributed by atoms with Crippen LogP contribution in [0.3, 0.4) is 0 Å². The Morgan fingerprint density at radius 2 is 1.95 bits per heavy atom. The van der Waals surface area contributed by atoms with Crippen LogP contribution in [0.2, 0.25) is 0 Å². The zero-order chi connectivity index (χ0) is 16.1. The summed E-state index contributed by atoms with van der Waals surface area (Å²) in [6.45, 7) is 4.12. The van der Waals surface area contributed by atoms with Gasteiger partial charge in [0.2, 0.25) is 0 Å². The Kier molecular flexibility index (Phi) is 5.17. The number of aliphatic hydroxyl groups is 1. The van der Waals surface area contributed by atoms with E-state index in [1.165, 1.54) is 0 Å². The monoisotopic (exact) mass is 299 g/mol.